The molecule has 0 aliphatic heterocycles. The predicted molar refractivity (Wildman–Crippen MR) is 63.8 cm³/mol. The average Bonchev–Trinajstić information content (AvgIpc) is 2.35. The topological polar surface area (TPSA) is 26.3 Å². The molecule has 1 atom stereocenters. The lowest BCUT2D eigenvalue weighted by Gasteiger charge is -2.15. The lowest BCUT2D eigenvalue weighted by molar-refractivity contribution is 0.176. The largest absolute Gasteiger partial charge is 0.449 e. The van der Waals surface area contributed by atoms with E-state index < -0.39 is 0 Å². The van der Waals surface area contributed by atoms with E-state index in [0.29, 0.717) is 0 Å². The van der Waals surface area contributed by atoms with E-state index in [2.05, 4.69) is 12.1 Å². The second kappa shape index (κ2) is 4.79. The smallest absolute Gasteiger partial charge is 0.418 e. The first-order valence-corrected chi connectivity index (χ1v) is 5.37. The predicted octanol–water partition coefficient (Wildman–Crippen LogP) is 3.37. The van der Waals surface area contributed by atoms with E-state index in [9.17, 15) is 4.79 Å². The van der Waals surface area contributed by atoms with Gasteiger partial charge in [0.05, 0.1) is 0 Å². The van der Waals surface area contributed by atoms with Crippen LogP contribution in [0.4, 0.5) is 0 Å². The van der Waals surface area contributed by atoms with Crippen LogP contribution in [-0.4, -0.2) is 6.47 Å². The number of fused-ring (bicyclic) bond motifs is 1. The standard InChI is InChI=1S/C14H13O2/c1-2-14(16-10-15)13-9-5-7-11-6-3-4-8-12(11)13/h3-9,14H,2H2,1H3. The third-order valence-electron chi connectivity index (χ3n) is 2.73. The highest BCUT2D eigenvalue weighted by Gasteiger charge is 2.12. The van der Waals surface area contributed by atoms with E-state index in [4.69, 9.17) is 4.74 Å². The normalized spacial score (nSPS) is 12.3. The summed E-state index contributed by atoms with van der Waals surface area (Å²) < 4.78 is 4.98. The molecular weight excluding hydrogens is 200 g/mol. The molecule has 0 heterocycles. The number of carbonyl (C=O) groups excluding carboxylic acids is 1. The van der Waals surface area contributed by atoms with Gasteiger partial charge < -0.3 is 4.74 Å². The first-order valence-electron chi connectivity index (χ1n) is 5.37. The Labute approximate surface area is 94.8 Å². The molecule has 1 unspecified atom stereocenters. The van der Waals surface area contributed by atoms with Crippen molar-refractivity contribution in [1.29, 1.82) is 0 Å². The zero-order valence-electron chi connectivity index (χ0n) is 9.14. The van der Waals surface area contributed by atoms with Gasteiger partial charge in [-0.2, -0.15) is 0 Å². The minimum absolute atomic E-state index is 0.205. The van der Waals surface area contributed by atoms with E-state index in [0.717, 1.165) is 22.8 Å². The summed E-state index contributed by atoms with van der Waals surface area (Å²) in [6.45, 7) is 3.52. The Bertz CT molecular complexity index is 486. The summed E-state index contributed by atoms with van der Waals surface area (Å²) in [4.78, 5) is 10.3. The molecule has 2 heteroatoms. The average molecular weight is 213 g/mol. The van der Waals surface area contributed by atoms with Crippen LogP contribution >= 0.6 is 0 Å². The molecule has 0 saturated heterocycles. The third kappa shape index (κ3) is 1.91. The Morgan fingerprint density at radius 3 is 2.69 bits per heavy atom. The van der Waals surface area contributed by atoms with Crippen molar-refractivity contribution in [2.45, 2.75) is 19.4 Å². The Morgan fingerprint density at radius 2 is 1.94 bits per heavy atom. The monoisotopic (exact) mass is 213 g/mol. The van der Waals surface area contributed by atoms with Crippen molar-refractivity contribution in [2.75, 3.05) is 0 Å². The molecule has 2 aromatic rings. The van der Waals surface area contributed by atoms with Crippen molar-refractivity contribution in [1.82, 2.24) is 0 Å². The molecule has 0 amide bonds. The molecule has 81 valence electrons. The van der Waals surface area contributed by atoms with Crippen molar-refractivity contribution < 1.29 is 9.53 Å². The van der Waals surface area contributed by atoms with Gasteiger partial charge in [-0.15, -0.1) is 0 Å². The van der Waals surface area contributed by atoms with Gasteiger partial charge >= 0.3 is 6.47 Å². The Morgan fingerprint density at radius 1 is 1.19 bits per heavy atom. The molecule has 16 heavy (non-hydrogen) atoms. The van der Waals surface area contributed by atoms with Crippen LogP contribution in [0.1, 0.15) is 25.0 Å². The van der Waals surface area contributed by atoms with E-state index in [1.807, 2.05) is 37.3 Å². The first-order chi connectivity index (χ1) is 7.86. The number of benzene rings is 2. The van der Waals surface area contributed by atoms with Crippen molar-refractivity contribution in [3.63, 3.8) is 0 Å². The van der Waals surface area contributed by atoms with Gasteiger partial charge in [0.2, 0.25) is 0 Å². The molecule has 0 aromatic heterocycles. The van der Waals surface area contributed by atoms with Gasteiger partial charge in [0, 0.05) is 5.56 Å². The zero-order valence-corrected chi connectivity index (χ0v) is 9.14. The lowest BCUT2D eigenvalue weighted by Crippen LogP contribution is -2.02. The van der Waals surface area contributed by atoms with Crippen LogP contribution in [-0.2, 0) is 9.53 Å². The molecule has 2 rings (SSSR count). The van der Waals surface area contributed by atoms with Crippen molar-refractivity contribution in [3.8, 4) is 0 Å². The first kappa shape index (κ1) is 10.7. The Hall–Kier alpha value is -1.83. The van der Waals surface area contributed by atoms with Gasteiger partial charge in [-0.1, -0.05) is 49.4 Å². The summed E-state index contributed by atoms with van der Waals surface area (Å²) in [6.07, 6.45) is 0.548. The molecule has 0 fully saturated rings. The summed E-state index contributed by atoms with van der Waals surface area (Å²) >= 11 is 0. The third-order valence-corrected chi connectivity index (χ3v) is 2.73. The van der Waals surface area contributed by atoms with Crippen LogP contribution in [0.2, 0.25) is 0 Å². The molecule has 0 saturated carbocycles. The number of rotatable bonds is 4. The highest BCUT2D eigenvalue weighted by atomic mass is 16.5. The van der Waals surface area contributed by atoms with Crippen LogP contribution in [0.15, 0.2) is 42.5 Å². The number of hydrogen-bond donors (Lipinski definition) is 0. The van der Waals surface area contributed by atoms with Crippen molar-refractivity contribution in [3.05, 3.63) is 48.0 Å². The number of hydrogen-bond acceptors (Lipinski definition) is 2. The molecule has 0 spiro atoms. The van der Waals surface area contributed by atoms with Crippen LogP contribution in [0.25, 0.3) is 10.8 Å². The van der Waals surface area contributed by atoms with Crippen LogP contribution in [0, 0.1) is 0 Å². The summed E-state index contributed by atoms with van der Waals surface area (Å²) in [5, 5.41) is 2.29. The second-order valence-electron chi connectivity index (χ2n) is 3.67. The second-order valence-corrected chi connectivity index (χ2v) is 3.67. The zero-order chi connectivity index (χ0) is 11.4. The summed E-state index contributed by atoms with van der Waals surface area (Å²) in [5.74, 6) is 0. The van der Waals surface area contributed by atoms with E-state index in [1.54, 1.807) is 0 Å². The SMILES string of the molecule is CCC(O[C]=O)c1cccc2ccccc12. The molecule has 2 aromatic carbocycles. The maximum atomic E-state index is 10.3. The Balaban J connectivity index is 2.54. The Kier molecular flexibility index (Phi) is 3.20. The fourth-order valence-electron chi connectivity index (χ4n) is 1.96. The van der Waals surface area contributed by atoms with Gasteiger partial charge in [-0.05, 0) is 17.2 Å². The molecular formula is C14H13O2. The fraction of sp³-hybridized carbons (Fsp3) is 0.214. The lowest BCUT2D eigenvalue weighted by atomic mass is 9.99. The fourth-order valence-corrected chi connectivity index (χ4v) is 1.96. The highest BCUT2D eigenvalue weighted by molar-refractivity contribution is 5.86. The van der Waals surface area contributed by atoms with E-state index in [1.165, 1.54) is 6.47 Å². The van der Waals surface area contributed by atoms with Gasteiger partial charge in [0.15, 0.2) is 0 Å². The van der Waals surface area contributed by atoms with Gasteiger partial charge in [0.1, 0.15) is 6.10 Å². The van der Waals surface area contributed by atoms with E-state index >= 15 is 0 Å². The van der Waals surface area contributed by atoms with Crippen LogP contribution < -0.4 is 0 Å². The molecule has 0 N–H and O–H groups in total. The molecule has 0 bridgehead atoms. The molecule has 0 aliphatic carbocycles. The van der Waals surface area contributed by atoms with Gasteiger partial charge in [0.25, 0.3) is 0 Å². The number of ether oxygens (including phenoxy) is 1. The van der Waals surface area contributed by atoms with Gasteiger partial charge in [-0.25, -0.2) is 4.79 Å². The minimum atomic E-state index is -0.205. The maximum Gasteiger partial charge on any atom is 0.418 e. The highest BCUT2D eigenvalue weighted by Crippen LogP contribution is 2.28. The maximum absolute atomic E-state index is 10.3. The quantitative estimate of drug-likeness (QED) is 0.778. The molecule has 2 nitrogen and oxygen atoms in total. The van der Waals surface area contributed by atoms with Crippen molar-refractivity contribution in [2.24, 2.45) is 0 Å². The summed E-state index contributed by atoms with van der Waals surface area (Å²) in [7, 11) is 0. The van der Waals surface area contributed by atoms with Crippen molar-refractivity contribution >= 4 is 17.2 Å². The molecule has 1 radical (unpaired) electrons. The molecule has 0 aliphatic rings. The minimum Gasteiger partial charge on any atom is -0.449 e. The van der Waals surface area contributed by atoms with Gasteiger partial charge in [-0.3, -0.25) is 0 Å². The van der Waals surface area contributed by atoms with Crippen LogP contribution in [0.3, 0.4) is 0 Å². The van der Waals surface area contributed by atoms with E-state index in [-0.39, 0.29) is 6.10 Å². The summed E-state index contributed by atoms with van der Waals surface area (Å²) in [6, 6.07) is 14.1. The summed E-state index contributed by atoms with van der Waals surface area (Å²) in [5.41, 5.74) is 1.05. The van der Waals surface area contributed by atoms with Crippen LogP contribution in [0.5, 0.6) is 0 Å².